The molecule has 0 aromatic heterocycles. The van der Waals surface area contributed by atoms with E-state index >= 15 is 0 Å². The Morgan fingerprint density at radius 2 is 1.53 bits per heavy atom. The Labute approximate surface area is 191 Å². The lowest BCUT2D eigenvalue weighted by molar-refractivity contribution is -0.134. The van der Waals surface area contributed by atoms with Gasteiger partial charge in [-0.15, -0.1) is 0 Å². The van der Waals surface area contributed by atoms with Gasteiger partial charge in [0.05, 0.1) is 0 Å². The van der Waals surface area contributed by atoms with E-state index in [4.69, 9.17) is 9.47 Å². The van der Waals surface area contributed by atoms with Gasteiger partial charge in [-0.05, 0) is 64.7 Å². The molecule has 1 heterocycles. The summed E-state index contributed by atoms with van der Waals surface area (Å²) in [4.78, 5) is 40.4. The third-order valence-corrected chi connectivity index (χ3v) is 5.42. The number of benzene rings is 1. The fourth-order valence-electron chi connectivity index (χ4n) is 3.53. The minimum absolute atomic E-state index is 0.0150. The zero-order chi connectivity index (χ0) is 23.9. The van der Waals surface area contributed by atoms with Crippen LogP contribution in [0.1, 0.15) is 50.3 Å². The first-order chi connectivity index (χ1) is 15.0. The van der Waals surface area contributed by atoms with Gasteiger partial charge >= 0.3 is 6.09 Å². The van der Waals surface area contributed by atoms with Crippen LogP contribution in [0.15, 0.2) is 12.1 Å². The summed E-state index contributed by atoms with van der Waals surface area (Å²) in [6, 6.07) is 4.04. The molecule has 1 aliphatic heterocycles. The molecule has 1 N–H and O–H groups in total. The van der Waals surface area contributed by atoms with Crippen LogP contribution in [0.4, 0.5) is 4.79 Å². The summed E-state index contributed by atoms with van der Waals surface area (Å²) in [6.07, 6.45) is 0.374. The number of ether oxygens (including phenoxy) is 2. The van der Waals surface area contributed by atoms with Gasteiger partial charge in [0.25, 0.3) is 5.91 Å². The smallest absolute Gasteiger partial charge is 0.407 e. The van der Waals surface area contributed by atoms with Crippen LogP contribution in [0.5, 0.6) is 5.75 Å². The van der Waals surface area contributed by atoms with Crippen LogP contribution in [0.25, 0.3) is 0 Å². The quantitative estimate of drug-likeness (QED) is 0.724. The maximum Gasteiger partial charge on any atom is 0.407 e. The van der Waals surface area contributed by atoms with Gasteiger partial charge < -0.3 is 24.6 Å². The van der Waals surface area contributed by atoms with Crippen molar-refractivity contribution in [3.63, 3.8) is 0 Å². The first kappa shape index (κ1) is 25.5. The molecule has 0 bridgehead atoms. The van der Waals surface area contributed by atoms with E-state index in [1.165, 1.54) is 0 Å². The SMILES string of the molecule is Cc1ccc(C)c(OCC(=O)N2CCCN(C(=O)CCNC(=O)OC(C)(C)C)CC2)c1C. The molecule has 0 unspecified atom stereocenters. The summed E-state index contributed by atoms with van der Waals surface area (Å²) in [7, 11) is 0. The average Bonchev–Trinajstić information content (AvgIpc) is 2.95. The summed E-state index contributed by atoms with van der Waals surface area (Å²) in [5.74, 6) is 0.645. The second kappa shape index (κ2) is 11.2. The first-order valence-electron chi connectivity index (χ1n) is 11.2. The van der Waals surface area contributed by atoms with Crippen molar-refractivity contribution in [2.24, 2.45) is 0 Å². The lowest BCUT2D eigenvalue weighted by Gasteiger charge is -2.23. The number of alkyl carbamates (subject to hydrolysis) is 1. The van der Waals surface area contributed by atoms with E-state index in [1.54, 1.807) is 30.6 Å². The predicted octanol–water partition coefficient (Wildman–Crippen LogP) is 2.97. The van der Waals surface area contributed by atoms with Crippen molar-refractivity contribution < 1.29 is 23.9 Å². The normalized spacial score (nSPS) is 14.6. The van der Waals surface area contributed by atoms with E-state index < -0.39 is 11.7 Å². The van der Waals surface area contributed by atoms with Crippen LogP contribution in [-0.2, 0) is 14.3 Å². The molecule has 178 valence electrons. The number of carbonyl (C=O) groups is 3. The molecular weight excluding hydrogens is 410 g/mol. The van der Waals surface area contributed by atoms with Crippen molar-refractivity contribution in [1.82, 2.24) is 15.1 Å². The fourth-order valence-corrected chi connectivity index (χ4v) is 3.53. The van der Waals surface area contributed by atoms with Crippen molar-refractivity contribution in [3.05, 3.63) is 28.8 Å². The monoisotopic (exact) mass is 447 g/mol. The Bertz CT molecular complexity index is 832. The third kappa shape index (κ3) is 7.73. The van der Waals surface area contributed by atoms with Gasteiger partial charge in [0.1, 0.15) is 11.4 Å². The highest BCUT2D eigenvalue weighted by Crippen LogP contribution is 2.25. The number of amides is 3. The zero-order valence-electron chi connectivity index (χ0n) is 20.2. The molecular formula is C24H37N3O5. The molecule has 1 aromatic carbocycles. The molecule has 3 amide bonds. The van der Waals surface area contributed by atoms with Gasteiger partial charge in [-0.25, -0.2) is 4.79 Å². The molecule has 0 saturated carbocycles. The van der Waals surface area contributed by atoms with Gasteiger partial charge in [-0.2, -0.15) is 0 Å². The highest BCUT2D eigenvalue weighted by Gasteiger charge is 2.23. The highest BCUT2D eigenvalue weighted by molar-refractivity contribution is 5.79. The first-order valence-corrected chi connectivity index (χ1v) is 11.2. The van der Waals surface area contributed by atoms with Crippen molar-refractivity contribution in [1.29, 1.82) is 0 Å². The maximum atomic E-state index is 12.7. The molecule has 1 aromatic rings. The molecule has 8 heteroatoms. The highest BCUT2D eigenvalue weighted by atomic mass is 16.6. The van der Waals surface area contributed by atoms with Crippen LogP contribution in [0.3, 0.4) is 0 Å². The lowest BCUT2D eigenvalue weighted by atomic mass is 10.1. The minimum atomic E-state index is -0.574. The van der Waals surface area contributed by atoms with Crippen LogP contribution in [0, 0.1) is 20.8 Å². The van der Waals surface area contributed by atoms with E-state index in [0.717, 1.165) is 22.4 Å². The van der Waals surface area contributed by atoms with Crippen LogP contribution in [-0.4, -0.2) is 72.6 Å². The molecule has 0 radical (unpaired) electrons. The second-order valence-corrected chi connectivity index (χ2v) is 9.24. The van der Waals surface area contributed by atoms with Gasteiger partial charge in [-0.1, -0.05) is 12.1 Å². The number of rotatable bonds is 6. The van der Waals surface area contributed by atoms with Crippen molar-refractivity contribution >= 4 is 17.9 Å². The van der Waals surface area contributed by atoms with Gasteiger partial charge in [0.15, 0.2) is 6.61 Å². The van der Waals surface area contributed by atoms with Crippen LogP contribution < -0.4 is 10.1 Å². The summed E-state index contributed by atoms with van der Waals surface area (Å²) in [5, 5.41) is 2.61. The summed E-state index contributed by atoms with van der Waals surface area (Å²) in [5.41, 5.74) is 2.61. The molecule has 32 heavy (non-hydrogen) atoms. The molecule has 0 spiro atoms. The van der Waals surface area contributed by atoms with E-state index in [0.29, 0.717) is 32.6 Å². The number of hydrogen-bond acceptors (Lipinski definition) is 5. The summed E-state index contributed by atoms with van der Waals surface area (Å²) < 4.78 is 11.0. The third-order valence-electron chi connectivity index (χ3n) is 5.42. The molecule has 1 fully saturated rings. The van der Waals surface area contributed by atoms with E-state index in [9.17, 15) is 14.4 Å². The molecule has 2 rings (SSSR count). The van der Waals surface area contributed by atoms with Gasteiger partial charge in [-0.3, -0.25) is 9.59 Å². The van der Waals surface area contributed by atoms with Crippen molar-refractivity contribution in [2.75, 3.05) is 39.3 Å². The lowest BCUT2D eigenvalue weighted by Crippen LogP contribution is -2.40. The second-order valence-electron chi connectivity index (χ2n) is 9.24. The van der Waals surface area contributed by atoms with Crippen molar-refractivity contribution in [2.45, 2.75) is 60.0 Å². The van der Waals surface area contributed by atoms with E-state index in [-0.39, 0.29) is 31.4 Å². The number of carbonyl (C=O) groups excluding carboxylic acids is 3. The molecule has 1 saturated heterocycles. The van der Waals surface area contributed by atoms with E-state index in [2.05, 4.69) is 5.32 Å². The van der Waals surface area contributed by atoms with E-state index in [1.807, 2.05) is 32.9 Å². The van der Waals surface area contributed by atoms with Gasteiger partial charge in [0.2, 0.25) is 5.91 Å². The van der Waals surface area contributed by atoms with Crippen LogP contribution >= 0.6 is 0 Å². The maximum absolute atomic E-state index is 12.7. The number of nitrogens with zero attached hydrogens (tertiary/aromatic N) is 2. The number of hydrogen-bond donors (Lipinski definition) is 1. The Balaban J connectivity index is 1.79. The average molecular weight is 448 g/mol. The predicted molar refractivity (Wildman–Crippen MR) is 123 cm³/mol. The van der Waals surface area contributed by atoms with Crippen LogP contribution in [0.2, 0.25) is 0 Å². The Hall–Kier alpha value is -2.77. The van der Waals surface area contributed by atoms with Gasteiger partial charge in [0, 0.05) is 39.1 Å². The minimum Gasteiger partial charge on any atom is -0.483 e. The standard InChI is InChI=1S/C24H37N3O5/c1-17-8-9-18(2)22(19(17)3)31-16-21(29)27-13-7-12-26(14-15-27)20(28)10-11-25-23(30)32-24(4,5)6/h8-9H,7,10-16H2,1-6H3,(H,25,30). The Morgan fingerprint density at radius 1 is 0.938 bits per heavy atom. The molecule has 0 aliphatic carbocycles. The number of nitrogens with one attached hydrogen (secondary N) is 1. The fraction of sp³-hybridized carbons (Fsp3) is 0.625. The Morgan fingerprint density at radius 3 is 2.16 bits per heavy atom. The molecule has 1 aliphatic rings. The van der Waals surface area contributed by atoms with Crippen molar-refractivity contribution in [3.8, 4) is 5.75 Å². The zero-order valence-corrected chi connectivity index (χ0v) is 20.2. The molecule has 8 nitrogen and oxygen atoms in total. The summed E-state index contributed by atoms with van der Waals surface area (Å²) in [6.45, 7) is 13.7. The topological polar surface area (TPSA) is 88.2 Å². The summed E-state index contributed by atoms with van der Waals surface area (Å²) >= 11 is 0. The Kier molecular flexibility index (Phi) is 8.92. The largest absolute Gasteiger partial charge is 0.483 e. The number of aryl methyl sites for hydroxylation is 2. The molecule has 0 atom stereocenters.